The van der Waals surface area contributed by atoms with Gasteiger partial charge in [-0.15, -0.1) is 11.6 Å². The van der Waals surface area contributed by atoms with Crippen molar-refractivity contribution in [2.45, 2.75) is 44.5 Å². The van der Waals surface area contributed by atoms with E-state index in [2.05, 4.69) is 44.5 Å². The molecule has 1 aromatic heterocycles. The predicted octanol–water partition coefficient (Wildman–Crippen LogP) is 5.29. The lowest BCUT2D eigenvalue weighted by Gasteiger charge is -2.29. The quantitative estimate of drug-likeness (QED) is 0.679. The number of imidazole rings is 1. The number of nitrogens with zero attached hydrogens (tertiary/aromatic N) is 2. The lowest BCUT2D eigenvalue weighted by Crippen LogP contribution is -2.19. The molecule has 3 rings (SSSR count). The minimum Gasteiger partial charge on any atom is -0.324 e. The third-order valence-electron chi connectivity index (χ3n) is 4.12. The van der Waals surface area contributed by atoms with Gasteiger partial charge in [0.2, 0.25) is 0 Å². The first-order valence-electron chi connectivity index (χ1n) is 6.91. The Morgan fingerprint density at radius 2 is 2.26 bits per heavy atom. The summed E-state index contributed by atoms with van der Waals surface area (Å²) in [4.78, 5) is 4.68. The molecule has 1 fully saturated rings. The Balaban J connectivity index is 2.11. The highest BCUT2D eigenvalue weighted by Crippen LogP contribution is 2.36. The van der Waals surface area contributed by atoms with Crippen LogP contribution in [-0.4, -0.2) is 9.55 Å². The van der Waals surface area contributed by atoms with E-state index < -0.39 is 0 Å². The van der Waals surface area contributed by atoms with E-state index in [-0.39, 0.29) is 0 Å². The first kappa shape index (κ1) is 13.4. The molecule has 1 aliphatic carbocycles. The van der Waals surface area contributed by atoms with Gasteiger partial charge < -0.3 is 4.57 Å². The maximum Gasteiger partial charge on any atom is 0.125 e. The van der Waals surface area contributed by atoms with Crippen molar-refractivity contribution in [1.82, 2.24) is 9.55 Å². The molecule has 0 N–H and O–H groups in total. The number of alkyl halides is 1. The topological polar surface area (TPSA) is 17.8 Å². The fourth-order valence-electron chi connectivity index (χ4n) is 3.25. The summed E-state index contributed by atoms with van der Waals surface area (Å²) in [5, 5.41) is 0. The largest absolute Gasteiger partial charge is 0.324 e. The lowest BCUT2D eigenvalue weighted by molar-refractivity contribution is 0.283. The van der Waals surface area contributed by atoms with E-state index >= 15 is 0 Å². The number of aromatic nitrogens is 2. The highest BCUT2D eigenvalue weighted by Gasteiger charge is 2.24. The third-order valence-corrected chi connectivity index (χ3v) is 4.85. The van der Waals surface area contributed by atoms with Crippen molar-refractivity contribution >= 4 is 38.6 Å². The number of hydrogen-bond donors (Lipinski definition) is 0. The molecule has 4 heteroatoms. The van der Waals surface area contributed by atoms with Gasteiger partial charge in [0.1, 0.15) is 5.82 Å². The van der Waals surface area contributed by atoms with E-state index in [4.69, 9.17) is 11.6 Å². The van der Waals surface area contributed by atoms with E-state index in [1.54, 1.807) is 0 Å². The van der Waals surface area contributed by atoms with Crippen LogP contribution in [0.5, 0.6) is 0 Å². The first-order chi connectivity index (χ1) is 9.19. The SMILES string of the molecule is CC1CCCC(n2c(CCl)nc3ccc(Br)cc32)C1. The first-order valence-corrected chi connectivity index (χ1v) is 8.24. The molecule has 19 heavy (non-hydrogen) atoms. The van der Waals surface area contributed by atoms with Gasteiger partial charge in [0.25, 0.3) is 0 Å². The monoisotopic (exact) mass is 340 g/mol. The molecule has 0 bridgehead atoms. The van der Waals surface area contributed by atoms with E-state index in [1.165, 1.54) is 31.2 Å². The molecule has 2 aromatic rings. The molecule has 0 radical (unpaired) electrons. The van der Waals surface area contributed by atoms with Crippen LogP contribution in [0, 0.1) is 5.92 Å². The molecule has 1 aliphatic rings. The average Bonchev–Trinajstić information content (AvgIpc) is 2.76. The summed E-state index contributed by atoms with van der Waals surface area (Å²) < 4.78 is 3.48. The second kappa shape index (κ2) is 5.45. The normalized spacial score (nSPS) is 23.9. The van der Waals surface area contributed by atoms with Crippen molar-refractivity contribution in [1.29, 1.82) is 0 Å². The zero-order valence-electron chi connectivity index (χ0n) is 11.1. The number of fused-ring (bicyclic) bond motifs is 1. The maximum atomic E-state index is 6.10. The second-order valence-electron chi connectivity index (χ2n) is 5.59. The lowest BCUT2D eigenvalue weighted by atomic mass is 9.87. The summed E-state index contributed by atoms with van der Waals surface area (Å²) in [5.41, 5.74) is 2.27. The summed E-state index contributed by atoms with van der Waals surface area (Å²) in [6.45, 7) is 2.35. The van der Waals surface area contributed by atoms with Gasteiger partial charge in [-0.3, -0.25) is 0 Å². The Morgan fingerprint density at radius 1 is 1.42 bits per heavy atom. The fourth-order valence-corrected chi connectivity index (χ4v) is 3.79. The predicted molar refractivity (Wildman–Crippen MR) is 83.7 cm³/mol. The minimum atomic E-state index is 0.483. The highest BCUT2D eigenvalue weighted by atomic mass is 79.9. The van der Waals surface area contributed by atoms with Crippen LogP contribution in [0.3, 0.4) is 0 Å². The highest BCUT2D eigenvalue weighted by molar-refractivity contribution is 9.10. The molecule has 1 saturated carbocycles. The number of benzene rings is 1. The van der Waals surface area contributed by atoms with Crippen molar-refractivity contribution in [3.63, 3.8) is 0 Å². The summed E-state index contributed by atoms with van der Waals surface area (Å²) in [7, 11) is 0. The van der Waals surface area contributed by atoms with Crippen molar-refractivity contribution in [3.8, 4) is 0 Å². The van der Waals surface area contributed by atoms with Crippen molar-refractivity contribution < 1.29 is 0 Å². The average molecular weight is 342 g/mol. The number of halogens is 2. The van der Waals surface area contributed by atoms with Crippen LogP contribution in [0.1, 0.15) is 44.5 Å². The van der Waals surface area contributed by atoms with E-state index in [0.29, 0.717) is 11.9 Å². The second-order valence-corrected chi connectivity index (χ2v) is 6.77. The standard InChI is InChI=1S/C15H18BrClN2/c1-10-3-2-4-12(7-10)19-14-8-11(16)5-6-13(14)18-15(19)9-17/h5-6,8,10,12H,2-4,7,9H2,1H3. The van der Waals surface area contributed by atoms with Gasteiger partial charge in [-0.05, 0) is 37.0 Å². The van der Waals surface area contributed by atoms with E-state index in [9.17, 15) is 0 Å². The van der Waals surface area contributed by atoms with Crippen molar-refractivity contribution in [2.24, 2.45) is 5.92 Å². The molecule has 0 aliphatic heterocycles. The number of hydrogen-bond acceptors (Lipinski definition) is 1. The molecule has 0 amide bonds. The molecule has 1 aromatic carbocycles. The Labute approximate surface area is 127 Å². The van der Waals surface area contributed by atoms with Gasteiger partial charge >= 0.3 is 0 Å². The minimum absolute atomic E-state index is 0.483. The summed E-state index contributed by atoms with van der Waals surface area (Å²) >= 11 is 9.66. The smallest absolute Gasteiger partial charge is 0.125 e. The van der Waals surface area contributed by atoms with Gasteiger partial charge in [0.05, 0.1) is 16.9 Å². The van der Waals surface area contributed by atoms with Crippen LogP contribution in [0.15, 0.2) is 22.7 Å². The van der Waals surface area contributed by atoms with E-state index in [0.717, 1.165) is 21.7 Å². The Kier molecular flexibility index (Phi) is 3.86. The molecule has 0 saturated heterocycles. The third kappa shape index (κ3) is 2.55. The molecule has 102 valence electrons. The van der Waals surface area contributed by atoms with Crippen LogP contribution in [0.2, 0.25) is 0 Å². The van der Waals surface area contributed by atoms with Crippen LogP contribution >= 0.6 is 27.5 Å². The molecular weight excluding hydrogens is 324 g/mol. The molecule has 0 spiro atoms. The Bertz CT molecular complexity index is 593. The van der Waals surface area contributed by atoms with Gasteiger partial charge in [-0.2, -0.15) is 0 Å². The molecule has 2 nitrogen and oxygen atoms in total. The van der Waals surface area contributed by atoms with Gasteiger partial charge in [0.15, 0.2) is 0 Å². The van der Waals surface area contributed by atoms with Crippen molar-refractivity contribution in [3.05, 3.63) is 28.5 Å². The fraction of sp³-hybridized carbons (Fsp3) is 0.533. The maximum absolute atomic E-state index is 6.10. The summed E-state index contributed by atoms with van der Waals surface area (Å²) in [5.74, 6) is 2.29. The molecule has 2 atom stereocenters. The summed E-state index contributed by atoms with van der Waals surface area (Å²) in [6.07, 6.45) is 5.14. The van der Waals surface area contributed by atoms with Crippen LogP contribution in [0.25, 0.3) is 11.0 Å². The zero-order valence-corrected chi connectivity index (χ0v) is 13.4. The van der Waals surface area contributed by atoms with Gasteiger partial charge in [-0.1, -0.05) is 35.7 Å². The van der Waals surface area contributed by atoms with E-state index in [1.807, 2.05) is 6.07 Å². The zero-order chi connectivity index (χ0) is 13.4. The Morgan fingerprint density at radius 3 is 3.00 bits per heavy atom. The van der Waals surface area contributed by atoms with Crippen molar-refractivity contribution in [2.75, 3.05) is 0 Å². The van der Waals surface area contributed by atoms with Crippen LogP contribution in [0.4, 0.5) is 0 Å². The Hall–Kier alpha value is -0.540. The van der Waals surface area contributed by atoms with Crippen LogP contribution < -0.4 is 0 Å². The molecule has 2 unspecified atom stereocenters. The van der Waals surface area contributed by atoms with Gasteiger partial charge in [-0.25, -0.2) is 4.98 Å². The summed E-state index contributed by atoms with van der Waals surface area (Å²) in [6, 6.07) is 6.83. The molecule has 1 heterocycles. The van der Waals surface area contributed by atoms with Gasteiger partial charge in [0, 0.05) is 10.5 Å². The molecular formula is C15H18BrClN2. The van der Waals surface area contributed by atoms with Crippen LogP contribution in [-0.2, 0) is 5.88 Å². The number of rotatable bonds is 2.